The van der Waals surface area contributed by atoms with Crippen LogP contribution in [-0.2, 0) is 0 Å². The monoisotopic (exact) mass is 224 g/mol. The van der Waals surface area contributed by atoms with Crippen molar-refractivity contribution in [2.75, 3.05) is 0 Å². The first-order chi connectivity index (χ1) is 6.21. The van der Waals surface area contributed by atoms with Crippen molar-refractivity contribution in [3.63, 3.8) is 0 Å². The summed E-state index contributed by atoms with van der Waals surface area (Å²) >= 11 is 0. The van der Waals surface area contributed by atoms with E-state index in [9.17, 15) is 13.2 Å². The van der Waals surface area contributed by atoms with Crippen LogP contribution < -0.4 is 0 Å². The molecule has 15 heavy (non-hydrogen) atoms. The molecule has 0 aliphatic carbocycles. The van der Waals surface area contributed by atoms with E-state index in [0.717, 1.165) is 0 Å². The van der Waals surface area contributed by atoms with Crippen LogP contribution in [0.5, 0.6) is 0 Å². The minimum absolute atomic E-state index is 0.0913. The Balaban J connectivity index is 5.03. The maximum absolute atomic E-state index is 12.9. The van der Waals surface area contributed by atoms with Crippen LogP contribution in [0.15, 0.2) is 0 Å². The molecule has 0 bridgehead atoms. The third-order valence-electron chi connectivity index (χ3n) is 3.37. The van der Waals surface area contributed by atoms with Crippen LogP contribution in [0.1, 0.15) is 54.9 Å². The molecule has 0 nitrogen and oxygen atoms in total. The minimum atomic E-state index is -4.15. The van der Waals surface area contributed by atoms with E-state index in [1.165, 1.54) is 13.8 Å². The highest BCUT2D eigenvalue weighted by Gasteiger charge is 2.56. The van der Waals surface area contributed by atoms with Crippen molar-refractivity contribution in [3.8, 4) is 0 Å². The van der Waals surface area contributed by atoms with E-state index >= 15 is 0 Å². The molecule has 0 amide bonds. The molecule has 0 radical (unpaired) electrons. The molecule has 0 heterocycles. The van der Waals surface area contributed by atoms with Gasteiger partial charge in [0.2, 0.25) is 0 Å². The molecular formula is C12H23F3. The first-order valence-corrected chi connectivity index (χ1v) is 5.27. The zero-order chi connectivity index (χ0) is 12.7. The summed E-state index contributed by atoms with van der Waals surface area (Å²) in [5.74, 6) is 0. The summed E-state index contributed by atoms with van der Waals surface area (Å²) in [6.45, 7) is 11.9. The van der Waals surface area contributed by atoms with Gasteiger partial charge in [-0.05, 0) is 17.3 Å². The average molecular weight is 224 g/mol. The zero-order valence-electron chi connectivity index (χ0n) is 10.8. The normalized spacial score (nSPS) is 15.6. The van der Waals surface area contributed by atoms with Gasteiger partial charge >= 0.3 is 6.18 Å². The number of alkyl halides is 3. The Labute approximate surface area is 91.3 Å². The second kappa shape index (κ2) is 3.67. The molecule has 3 heteroatoms. The molecule has 0 aliphatic heterocycles. The Morgan fingerprint density at radius 3 is 1.27 bits per heavy atom. The molecule has 0 unspecified atom stereocenters. The van der Waals surface area contributed by atoms with Crippen LogP contribution in [0.3, 0.4) is 0 Å². The van der Waals surface area contributed by atoms with Gasteiger partial charge in [0.05, 0.1) is 5.41 Å². The van der Waals surface area contributed by atoms with Crippen molar-refractivity contribution in [3.05, 3.63) is 0 Å². The quantitative estimate of drug-likeness (QED) is 0.616. The average Bonchev–Trinajstić information content (AvgIpc) is 1.77. The molecule has 0 atom stereocenters. The zero-order valence-corrected chi connectivity index (χ0v) is 10.8. The lowest BCUT2D eigenvalue weighted by Crippen LogP contribution is -2.46. The second-order valence-corrected chi connectivity index (χ2v) is 6.74. The molecular weight excluding hydrogens is 201 g/mol. The van der Waals surface area contributed by atoms with Crippen molar-refractivity contribution in [1.82, 2.24) is 0 Å². The molecule has 0 aromatic heterocycles. The SMILES string of the molecule is CC(C)(C)CC(C)(C)C(C)(C)C(F)(F)F. The summed E-state index contributed by atoms with van der Waals surface area (Å²) in [6, 6.07) is 0. The van der Waals surface area contributed by atoms with E-state index in [-0.39, 0.29) is 5.41 Å². The summed E-state index contributed by atoms with van der Waals surface area (Å²) in [6.07, 6.45) is -3.60. The van der Waals surface area contributed by atoms with E-state index in [0.29, 0.717) is 6.42 Å². The maximum atomic E-state index is 12.9. The maximum Gasteiger partial charge on any atom is 0.394 e. The topological polar surface area (TPSA) is 0 Å². The highest BCUT2D eigenvalue weighted by atomic mass is 19.4. The fourth-order valence-corrected chi connectivity index (χ4v) is 1.93. The van der Waals surface area contributed by atoms with Crippen molar-refractivity contribution >= 4 is 0 Å². The van der Waals surface area contributed by atoms with Gasteiger partial charge in [-0.15, -0.1) is 0 Å². The molecule has 92 valence electrons. The van der Waals surface area contributed by atoms with Crippen LogP contribution >= 0.6 is 0 Å². The van der Waals surface area contributed by atoms with E-state index < -0.39 is 17.0 Å². The van der Waals surface area contributed by atoms with E-state index in [1.54, 1.807) is 13.8 Å². The van der Waals surface area contributed by atoms with Gasteiger partial charge in [0.25, 0.3) is 0 Å². The van der Waals surface area contributed by atoms with E-state index in [2.05, 4.69) is 0 Å². The van der Waals surface area contributed by atoms with Crippen LogP contribution in [0.25, 0.3) is 0 Å². The Morgan fingerprint density at radius 1 is 0.733 bits per heavy atom. The van der Waals surface area contributed by atoms with Crippen molar-refractivity contribution in [1.29, 1.82) is 0 Å². The van der Waals surface area contributed by atoms with Gasteiger partial charge in [-0.2, -0.15) is 13.2 Å². The van der Waals surface area contributed by atoms with Crippen molar-refractivity contribution in [2.24, 2.45) is 16.2 Å². The summed E-state index contributed by atoms with van der Waals surface area (Å²) in [4.78, 5) is 0. The van der Waals surface area contributed by atoms with E-state index in [1.807, 2.05) is 20.8 Å². The number of rotatable bonds is 2. The van der Waals surface area contributed by atoms with Crippen LogP contribution in [0.4, 0.5) is 13.2 Å². The lowest BCUT2D eigenvalue weighted by molar-refractivity contribution is -0.250. The van der Waals surface area contributed by atoms with Gasteiger partial charge in [-0.1, -0.05) is 48.5 Å². The first-order valence-electron chi connectivity index (χ1n) is 5.27. The summed E-state index contributed by atoms with van der Waals surface area (Å²) in [5, 5.41) is 0. The molecule has 0 saturated carbocycles. The highest BCUT2D eigenvalue weighted by molar-refractivity contribution is 4.93. The largest absolute Gasteiger partial charge is 0.394 e. The molecule has 0 aliphatic rings. The number of hydrogen-bond donors (Lipinski definition) is 0. The van der Waals surface area contributed by atoms with Crippen LogP contribution in [-0.4, -0.2) is 6.18 Å². The predicted molar refractivity (Wildman–Crippen MR) is 57.7 cm³/mol. The van der Waals surface area contributed by atoms with Gasteiger partial charge in [-0.3, -0.25) is 0 Å². The van der Waals surface area contributed by atoms with Gasteiger partial charge < -0.3 is 0 Å². The Kier molecular flexibility index (Phi) is 3.62. The minimum Gasteiger partial charge on any atom is -0.171 e. The molecule has 0 aromatic carbocycles. The Bertz CT molecular complexity index is 216. The third-order valence-corrected chi connectivity index (χ3v) is 3.37. The summed E-state index contributed by atoms with van der Waals surface area (Å²) in [7, 11) is 0. The van der Waals surface area contributed by atoms with Crippen molar-refractivity contribution in [2.45, 2.75) is 61.1 Å². The second-order valence-electron chi connectivity index (χ2n) is 6.74. The molecule has 0 fully saturated rings. The van der Waals surface area contributed by atoms with E-state index in [4.69, 9.17) is 0 Å². The van der Waals surface area contributed by atoms with Gasteiger partial charge in [0.1, 0.15) is 0 Å². The standard InChI is InChI=1S/C12H23F3/c1-9(2,3)8-10(4,5)11(6,7)12(13,14)15/h8H2,1-7H3. The van der Waals surface area contributed by atoms with Gasteiger partial charge in [0, 0.05) is 0 Å². The summed E-state index contributed by atoms with van der Waals surface area (Å²) < 4.78 is 38.7. The lowest BCUT2D eigenvalue weighted by atomic mass is 9.61. The molecule has 0 saturated heterocycles. The number of halogens is 3. The fourth-order valence-electron chi connectivity index (χ4n) is 1.93. The smallest absolute Gasteiger partial charge is 0.171 e. The molecule has 0 aromatic rings. The van der Waals surface area contributed by atoms with Crippen molar-refractivity contribution < 1.29 is 13.2 Å². The lowest BCUT2D eigenvalue weighted by Gasteiger charge is -2.46. The Hall–Kier alpha value is -0.210. The Morgan fingerprint density at radius 2 is 1.07 bits per heavy atom. The molecule has 0 N–H and O–H groups in total. The highest BCUT2D eigenvalue weighted by Crippen LogP contribution is 2.54. The van der Waals surface area contributed by atoms with Gasteiger partial charge in [0.15, 0.2) is 0 Å². The molecule has 0 rings (SSSR count). The first kappa shape index (κ1) is 14.8. The fraction of sp³-hybridized carbons (Fsp3) is 1.00. The number of hydrogen-bond acceptors (Lipinski definition) is 0. The predicted octanol–water partition coefficient (Wildman–Crippen LogP) is 5.04. The summed E-state index contributed by atoms with van der Waals surface area (Å²) in [5.41, 5.74) is -2.51. The van der Waals surface area contributed by atoms with Crippen LogP contribution in [0.2, 0.25) is 0 Å². The molecule has 0 spiro atoms. The van der Waals surface area contributed by atoms with Crippen LogP contribution in [0, 0.1) is 16.2 Å². The third kappa shape index (κ3) is 3.39. The van der Waals surface area contributed by atoms with Gasteiger partial charge in [-0.25, -0.2) is 0 Å².